The maximum Gasteiger partial charge on any atom is 0.586 e. The molecule has 3 nitrogen and oxygen atoms in total. The Bertz CT molecular complexity index is 475. The van der Waals surface area contributed by atoms with Crippen molar-refractivity contribution < 1.29 is 31.4 Å². The molecule has 0 aliphatic carbocycles. The smallest absolute Gasteiger partial charge is 0.395 e. The van der Waals surface area contributed by atoms with Gasteiger partial charge in [0.15, 0.2) is 11.5 Å². The zero-order valence-electron chi connectivity index (χ0n) is 9.51. The van der Waals surface area contributed by atoms with Crippen LogP contribution in [0.4, 0.5) is 22.0 Å². The van der Waals surface area contributed by atoms with E-state index in [0.717, 1.165) is 6.07 Å². The number of nitrogens with two attached hydrogens (primary N) is 1. The Balaban J connectivity index is 2.07. The minimum absolute atomic E-state index is 0.170. The second-order valence-electron chi connectivity index (χ2n) is 4.13. The quantitative estimate of drug-likeness (QED) is 0.865. The number of benzene rings is 1. The Morgan fingerprint density at radius 3 is 2.42 bits per heavy atom. The van der Waals surface area contributed by atoms with Crippen LogP contribution in [-0.2, 0) is 0 Å². The molecule has 0 aromatic heterocycles. The number of halogens is 5. The topological polar surface area (TPSA) is 44.5 Å². The van der Waals surface area contributed by atoms with E-state index in [-0.39, 0.29) is 23.5 Å². The van der Waals surface area contributed by atoms with Gasteiger partial charge >= 0.3 is 12.5 Å². The van der Waals surface area contributed by atoms with Crippen LogP contribution in [-0.4, -0.2) is 12.5 Å². The SMILES string of the molecule is N[C@H](CCC(F)(F)F)c1ccc2c(c1)OC(F)(F)O2. The molecular weight excluding hydrogens is 273 g/mol. The molecule has 0 saturated carbocycles. The summed E-state index contributed by atoms with van der Waals surface area (Å²) in [7, 11) is 0. The summed E-state index contributed by atoms with van der Waals surface area (Å²) < 4.78 is 70.0. The van der Waals surface area contributed by atoms with Gasteiger partial charge in [0, 0.05) is 12.5 Å². The lowest BCUT2D eigenvalue weighted by Crippen LogP contribution is -2.25. The number of fused-ring (bicyclic) bond motifs is 1. The first-order chi connectivity index (χ1) is 8.66. The summed E-state index contributed by atoms with van der Waals surface area (Å²) in [6.45, 7) is 0. The van der Waals surface area contributed by atoms with Crippen molar-refractivity contribution in [2.24, 2.45) is 5.73 Å². The first kappa shape index (κ1) is 13.9. The van der Waals surface area contributed by atoms with Gasteiger partial charge in [0.2, 0.25) is 0 Å². The standard InChI is InChI=1S/C11H10F5NO2/c12-10(13,14)4-3-7(17)6-1-2-8-9(5-6)19-11(15,16)18-8/h1-2,5,7H,3-4,17H2/t7-/m1/s1. The fraction of sp³-hybridized carbons (Fsp3) is 0.455. The van der Waals surface area contributed by atoms with E-state index >= 15 is 0 Å². The van der Waals surface area contributed by atoms with Gasteiger partial charge in [0.1, 0.15) is 0 Å². The number of hydrogen-bond donors (Lipinski definition) is 1. The van der Waals surface area contributed by atoms with Crippen molar-refractivity contribution in [3.63, 3.8) is 0 Å². The fourth-order valence-corrected chi connectivity index (χ4v) is 1.68. The molecule has 2 rings (SSSR count). The molecule has 8 heteroatoms. The van der Waals surface area contributed by atoms with Crippen molar-refractivity contribution in [1.82, 2.24) is 0 Å². The van der Waals surface area contributed by atoms with Crippen molar-refractivity contribution in [2.45, 2.75) is 31.4 Å². The molecule has 1 heterocycles. The second kappa shape index (κ2) is 4.52. The maximum atomic E-state index is 12.7. The van der Waals surface area contributed by atoms with Crippen LogP contribution >= 0.6 is 0 Å². The molecule has 0 radical (unpaired) electrons. The van der Waals surface area contributed by atoms with Crippen LogP contribution in [0.3, 0.4) is 0 Å². The van der Waals surface area contributed by atoms with E-state index in [1.165, 1.54) is 12.1 Å². The number of alkyl halides is 5. The van der Waals surface area contributed by atoms with Crippen molar-refractivity contribution in [2.75, 3.05) is 0 Å². The minimum Gasteiger partial charge on any atom is -0.395 e. The highest BCUT2D eigenvalue weighted by molar-refractivity contribution is 5.45. The van der Waals surface area contributed by atoms with Crippen molar-refractivity contribution >= 4 is 0 Å². The van der Waals surface area contributed by atoms with Gasteiger partial charge in [0.25, 0.3) is 0 Å². The molecule has 0 bridgehead atoms. The number of hydrogen-bond acceptors (Lipinski definition) is 3. The van der Waals surface area contributed by atoms with Gasteiger partial charge in [-0.25, -0.2) is 0 Å². The molecule has 0 amide bonds. The van der Waals surface area contributed by atoms with E-state index < -0.39 is 24.9 Å². The Hall–Kier alpha value is -1.57. The van der Waals surface area contributed by atoms with Gasteiger partial charge in [-0.1, -0.05) is 6.07 Å². The first-order valence-electron chi connectivity index (χ1n) is 5.38. The zero-order valence-corrected chi connectivity index (χ0v) is 9.51. The molecule has 2 N–H and O–H groups in total. The molecule has 106 valence electrons. The molecule has 0 fully saturated rings. The van der Waals surface area contributed by atoms with E-state index in [2.05, 4.69) is 9.47 Å². The van der Waals surface area contributed by atoms with Gasteiger partial charge in [-0.15, -0.1) is 8.78 Å². The summed E-state index contributed by atoms with van der Waals surface area (Å²) in [5.41, 5.74) is 5.86. The highest BCUT2D eigenvalue weighted by atomic mass is 19.4. The van der Waals surface area contributed by atoms with Crippen LogP contribution in [0.5, 0.6) is 11.5 Å². The molecule has 19 heavy (non-hydrogen) atoms. The van der Waals surface area contributed by atoms with Gasteiger partial charge in [-0.2, -0.15) is 13.2 Å². The molecule has 1 atom stereocenters. The highest BCUT2D eigenvalue weighted by Crippen LogP contribution is 2.42. The summed E-state index contributed by atoms with van der Waals surface area (Å²) in [4.78, 5) is 0. The summed E-state index contributed by atoms with van der Waals surface area (Å²) in [5.74, 6) is -0.401. The monoisotopic (exact) mass is 283 g/mol. The lowest BCUT2D eigenvalue weighted by molar-refractivity contribution is -0.286. The molecular formula is C11H10F5NO2. The number of rotatable bonds is 3. The average Bonchev–Trinajstić information content (AvgIpc) is 2.57. The predicted octanol–water partition coefficient (Wildman–Crippen LogP) is 3.35. The Morgan fingerprint density at radius 2 is 1.79 bits per heavy atom. The molecule has 0 saturated heterocycles. The maximum absolute atomic E-state index is 12.7. The Labute approximate surface area is 105 Å². The van der Waals surface area contributed by atoms with Crippen LogP contribution in [0.2, 0.25) is 0 Å². The Morgan fingerprint density at radius 1 is 1.16 bits per heavy atom. The largest absolute Gasteiger partial charge is 0.586 e. The average molecular weight is 283 g/mol. The molecule has 0 unspecified atom stereocenters. The second-order valence-corrected chi connectivity index (χ2v) is 4.13. The summed E-state index contributed by atoms with van der Waals surface area (Å²) in [6, 6.07) is 2.78. The van der Waals surface area contributed by atoms with Gasteiger partial charge in [-0.05, 0) is 24.1 Å². The van der Waals surface area contributed by atoms with Crippen LogP contribution < -0.4 is 15.2 Å². The van der Waals surface area contributed by atoms with E-state index in [1.807, 2.05) is 0 Å². The van der Waals surface area contributed by atoms with Gasteiger partial charge < -0.3 is 15.2 Å². The highest BCUT2D eigenvalue weighted by Gasteiger charge is 2.43. The van der Waals surface area contributed by atoms with Gasteiger partial charge in [0.05, 0.1) is 0 Å². The molecule has 1 aromatic carbocycles. The molecule has 1 aromatic rings. The predicted molar refractivity (Wildman–Crippen MR) is 54.9 cm³/mol. The Kier molecular flexibility index (Phi) is 3.29. The third-order valence-corrected chi connectivity index (χ3v) is 2.59. The third-order valence-electron chi connectivity index (χ3n) is 2.59. The first-order valence-corrected chi connectivity index (χ1v) is 5.38. The van der Waals surface area contributed by atoms with Crippen LogP contribution in [0.25, 0.3) is 0 Å². The van der Waals surface area contributed by atoms with Crippen LogP contribution in [0.15, 0.2) is 18.2 Å². The van der Waals surface area contributed by atoms with E-state index in [0.29, 0.717) is 0 Å². The van der Waals surface area contributed by atoms with Crippen LogP contribution in [0.1, 0.15) is 24.4 Å². The zero-order chi connectivity index (χ0) is 14.3. The third kappa shape index (κ3) is 3.46. The molecule has 1 aliphatic heterocycles. The van der Waals surface area contributed by atoms with Crippen molar-refractivity contribution in [3.05, 3.63) is 23.8 Å². The summed E-state index contributed by atoms with van der Waals surface area (Å²) in [6.07, 6.45) is -9.43. The van der Waals surface area contributed by atoms with E-state index in [9.17, 15) is 22.0 Å². The number of ether oxygens (including phenoxy) is 2. The minimum atomic E-state index is -4.30. The van der Waals surface area contributed by atoms with E-state index in [4.69, 9.17) is 5.73 Å². The lowest BCUT2D eigenvalue weighted by Gasteiger charge is -2.13. The van der Waals surface area contributed by atoms with Crippen LogP contribution in [0, 0.1) is 0 Å². The fourth-order valence-electron chi connectivity index (χ4n) is 1.68. The van der Waals surface area contributed by atoms with E-state index in [1.54, 1.807) is 0 Å². The summed E-state index contributed by atoms with van der Waals surface area (Å²) >= 11 is 0. The van der Waals surface area contributed by atoms with Crippen molar-refractivity contribution in [3.8, 4) is 11.5 Å². The lowest BCUT2D eigenvalue weighted by atomic mass is 10.0. The normalized spacial score (nSPS) is 18.4. The molecule has 0 spiro atoms. The van der Waals surface area contributed by atoms with Gasteiger partial charge in [-0.3, -0.25) is 0 Å². The van der Waals surface area contributed by atoms with Crippen molar-refractivity contribution in [1.29, 1.82) is 0 Å². The summed E-state index contributed by atoms with van der Waals surface area (Å²) in [5, 5.41) is 0. The molecule has 1 aliphatic rings.